The molecular formula is C14H22N2. The van der Waals surface area contributed by atoms with Crippen LogP contribution in [-0.4, -0.2) is 6.04 Å². The second-order valence-corrected chi connectivity index (χ2v) is 5.27. The van der Waals surface area contributed by atoms with Gasteiger partial charge in [-0.1, -0.05) is 19.1 Å². The van der Waals surface area contributed by atoms with Gasteiger partial charge in [-0.15, -0.1) is 0 Å². The Hall–Kier alpha value is -1.02. The monoisotopic (exact) mass is 218 g/mol. The summed E-state index contributed by atoms with van der Waals surface area (Å²) in [6.07, 6.45) is 3.58. The van der Waals surface area contributed by atoms with Gasteiger partial charge in [-0.3, -0.25) is 0 Å². The summed E-state index contributed by atoms with van der Waals surface area (Å²) in [5.41, 5.74) is 15.4. The average molecular weight is 218 g/mol. The van der Waals surface area contributed by atoms with Gasteiger partial charge in [0, 0.05) is 11.7 Å². The molecule has 0 aliphatic heterocycles. The predicted molar refractivity (Wildman–Crippen MR) is 69.3 cm³/mol. The van der Waals surface area contributed by atoms with Gasteiger partial charge in [0.25, 0.3) is 0 Å². The van der Waals surface area contributed by atoms with E-state index in [9.17, 15) is 0 Å². The highest BCUT2D eigenvalue weighted by Crippen LogP contribution is 2.36. The molecule has 0 saturated heterocycles. The third kappa shape index (κ3) is 2.22. The lowest BCUT2D eigenvalue weighted by atomic mass is 9.76. The number of aryl methyl sites for hydroxylation is 1. The molecule has 1 aromatic rings. The zero-order valence-electron chi connectivity index (χ0n) is 10.2. The fraction of sp³-hybridized carbons (Fsp3) is 0.571. The minimum atomic E-state index is 0.395. The molecule has 3 unspecified atom stereocenters. The van der Waals surface area contributed by atoms with Gasteiger partial charge in [0.15, 0.2) is 0 Å². The molecular weight excluding hydrogens is 196 g/mol. The second-order valence-electron chi connectivity index (χ2n) is 5.27. The molecule has 0 heterocycles. The van der Waals surface area contributed by atoms with Gasteiger partial charge < -0.3 is 11.5 Å². The standard InChI is InChI=1S/C14H22N2/c1-9-7-11(3-5-13(9)15)12-4-6-14(16)10(2)8-12/h3,5,7,10,12,14H,4,6,8,15-16H2,1-2H3. The maximum Gasteiger partial charge on any atom is 0.0343 e. The summed E-state index contributed by atoms with van der Waals surface area (Å²) in [5.74, 6) is 1.31. The normalized spacial score (nSPS) is 30.3. The molecule has 1 aliphatic rings. The SMILES string of the molecule is Cc1cc(C2CCC(N)C(C)C2)ccc1N. The number of benzene rings is 1. The van der Waals surface area contributed by atoms with E-state index in [1.807, 2.05) is 6.07 Å². The van der Waals surface area contributed by atoms with Crippen LogP contribution in [0.25, 0.3) is 0 Å². The summed E-state index contributed by atoms with van der Waals surface area (Å²) in [6.45, 7) is 4.35. The summed E-state index contributed by atoms with van der Waals surface area (Å²) in [4.78, 5) is 0. The van der Waals surface area contributed by atoms with E-state index in [-0.39, 0.29) is 0 Å². The first-order chi connectivity index (χ1) is 7.58. The van der Waals surface area contributed by atoms with Crippen molar-refractivity contribution in [2.24, 2.45) is 11.7 Å². The van der Waals surface area contributed by atoms with E-state index in [2.05, 4.69) is 26.0 Å². The molecule has 1 fully saturated rings. The van der Waals surface area contributed by atoms with Crippen LogP contribution in [0.4, 0.5) is 5.69 Å². The van der Waals surface area contributed by atoms with E-state index in [4.69, 9.17) is 11.5 Å². The Morgan fingerprint density at radius 1 is 1.25 bits per heavy atom. The van der Waals surface area contributed by atoms with Crippen molar-refractivity contribution in [1.82, 2.24) is 0 Å². The molecule has 2 heteroatoms. The highest BCUT2D eigenvalue weighted by Gasteiger charge is 2.25. The summed E-state index contributed by atoms with van der Waals surface area (Å²) in [5, 5.41) is 0. The third-order valence-corrected chi connectivity index (χ3v) is 4.00. The molecule has 1 saturated carbocycles. The van der Waals surface area contributed by atoms with E-state index in [0.29, 0.717) is 17.9 Å². The molecule has 16 heavy (non-hydrogen) atoms. The summed E-state index contributed by atoms with van der Waals surface area (Å²) < 4.78 is 0. The Labute approximate surface area is 98.0 Å². The van der Waals surface area contributed by atoms with E-state index >= 15 is 0 Å². The Bertz CT molecular complexity index is 373. The quantitative estimate of drug-likeness (QED) is 0.712. The lowest BCUT2D eigenvalue weighted by molar-refractivity contribution is 0.298. The van der Waals surface area contributed by atoms with Crippen molar-refractivity contribution in [3.05, 3.63) is 29.3 Å². The topological polar surface area (TPSA) is 52.0 Å². The van der Waals surface area contributed by atoms with Crippen molar-refractivity contribution in [3.63, 3.8) is 0 Å². The molecule has 0 aromatic heterocycles. The molecule has 0 amide bonds. The van der Waals surface area contributed by atoms with Crippen LogP contribution >= 0.6 is 0 Å². The lowest BCUT2D eigenvalue weighted by Crippen LogP contribution is -2.33. The van der Waals surface area contributed by atoms with Crippen molar-refractivity contribution < 1.29 is 0 Å². The maximum absolute atomic E-state index is 6.05. The Morgan fingerprint density at radius 3 is 2.62 bits per heavy atom. The minimum absolute atomic E-state index is 0.395. The summed E-state index contributed by atoms with van der Waals surface area (Å²) in [7, 11) is 0. The highest BCUT2D eigenvalue weighted by atomic mass is 14.7. The maximum atomic E-state index is 6.05. The molecule has 0 radical (unpaired) electrons. The van der Waals surface area contributed by atoms with Crippen LogP contribution in [0.5, 0.6) is 0 Å². The second kappa shape index (κ2) is 4.46. The van der Waals surface area contributed by atoms with E-state index in [0.717, 1.165) is 12.1 Å². The van der Waals surface area contributed by atoms with Crippen LogP contribution in [0, 0.1) is 12.8 Å². The zero-order valence-corrected chi connectivity index (χ0v) is 10.2. The van der Waals surface area contributed by atoms with E-state index < -0.39 is 0 Å². The molecule has 2 nitrogen and oxygen atoms in total. The molecule has 88 valence electrons. The van der Waals surface area contributed by atoms with Crippen molar-refractivity contribution in [1.29, 1.82) is 0 Å². The smallest absolute Gasteiger partial charge is 0.0343 e. The van der Waals surface area contributed by atoms with Gasteiger partial charge in [-0.25, -0.2) is 0 Å². The van der Waals surface area contributed by atoms with Gasteiger partial charge in [-0.2, -0.15) is 0 Å². The van der Waals surface area contributed by atoms with E-state index in [1.165, 1.54) is 24.0 Å². The number of hydrogen-bond acceptors (Lipinski definition) is 2. The van der Waals surface area contributed by atoms with Crippen LogP contribution in [-0.2, 0) is 0 Å². The number of hydrogen-bond donors (Lipinski definition) is 2. The van der Waals surface area contributed by atoms with Crippen LogP contribution in [0.2, 0.25) is 0 Å². The van der Waals surface area contributed by atoms with Gasteiger partial charge in [-0.05, 0) is 55.2 Å². The van der Waals surface area contributed by atoms with Gasteiger partial charge in [0.2, 0.25) is 0 Å². The number of nitrogens with two attached hydrogens (primary N) is 2. The van der Waals surface area contributed by atoms with Crippen LogP contribution in [0.1, 0.15) is 43.2 Å². The highest BCUT2D eigenvalue weighted by molar-refractivity contribution is 5.48. The molecule has 0 spiro atoms. The van der Waals surface area contributed by atoms with Crippen molar-refractivity contribution in [2.75, 3.05) is 5.73 Å². The average Bonchev–Trinajstić information content (AvgIpc) is 2.26. The van der Waals surface area contributed by atoms with Gasteiger partial charge in [0.05, 0.1) is 0 Å². The van der Waals surface area contributed by atoms with Crippen LogP contribution in [0.3, 0.4) is 0 Å². The Morgan fingerprint density at radius 2 is 2.00 bits per heavy atom. The molecule has 1 aromatic carbocycles. The van der Waals surface area contributed by atoms with Crippen molar-refractivity contribution in [2.45, 2.75) is 45.1 Å². The van der Waals surface area contributed by atoms with Crippen molar-refractivity contribution in [3.8, 4) is 0 Å². The van der Waals surface area contributed by atoms with Crippen LogP contribution in [0.15, 0.2) is 18.2 Å². The fourth-order valence-corrected chi connectivity index (χ4v) is 2.68. The van der Waals surface area contributed by atoms with E-state index in [1.54, 1.807) is 0 Å². The minimum Gasteiger partial charge on any atom is -0.399 e. The Kier molecular flexibility index (Phi) is 3.20. The lowest BCUT2D eigenvalue weighted by Gasteiger charge is -2.32. The first-order valence-corrected chi connectivity index (χ1v) is 6.19. The number of anilines is 1. The third-order valence-electron chi connectivity index (χ3n) is 4.00. The predicted octanol–water partition coefficient (Wildman–Crippen LogP) is 2.81. The number of rotatable bonds is 1. The first-order valence-electron chi connectivity index (χ1n) is 6.19. The zero-order chi connectivity index (χ0) is 11.7. The molecule has 4 N–H and O–H groups in total. The van der Waals surface area contributed by atoms with Gasteiger partial charge in [0.1, 0.15) is 0 Å². The molecule has 0 bridgehead atoms. The number of nitrogen functional groups attached to an aromatic ring is 1. The largest absolute Gasteiger partial charge is 0.399 e. The van der Waals surface area contributed by atoms with Crippen molar-refractivity contribution >= 4 is 5.69 Å². The fourth-order valence-electron chi connectivity index (χ4n) is 2.68. The first kappa shape index (κ1) is 11.5. The molecule has 3 atom stereocenters. The summed E-state index contributed by atoms with van der Waals surface area (Å²) in [6, 6.07) is 6.84. The Balaban J connectivity index is 2.15. The van der Waals surface area contributed by atoms with Crippen LogP contribution < -0.4 is 11.5 Å². The molecule has 1 aliphatic carbocycles. The molecule has 2 rings (SSSR count). The summed E-state index contributed by atoms with van der Waals surface area (Å²) >= 11 is 0. The van der Waals surface area contributed by atoms with Gasteiger partial charge >= 0.3 is 0 Å².